The highest BCUT2D eigenvalue weighted by Gasteiger charge is 2.33. The summed E-state index contributed by atoms with van der Waals surface area (Å²) in [5.74, 6) is -0.0849. The summed E-state index contributed by atoms with van der Waals surface area (Å²) in [6, 6.07) is 5.06. The Bertz CT molecular complexity index is 786. The molecule has 0 spiro atoms. The molecule has 0 N–H and O–H groups in total. The quantitative estimate of drug-likeness (QED) is 0.770. The number of amides is 3. The average molecular weight is 406 g/mol. The second-order valence-corrected chi connectivity index (χ2v) is 7.87. The summed E-state index contributed by atoms with van der Waals surface area (Å²) in [5, 5.41) is 0.498. The molecule has 3 aliphatic rings. The van der Waals surface area contributed by atoms with Crippen molar-refractivity contribution in [3.63, 3.8) is 0 Å². The first kappa shape index (κ1) is 19.2. The summed E-state index contributed by atoms with van der Waals surface area (Å²) in [6.45, 7) is 3.17. The molecule has 0 aromatic heterocycles. The molecule has 28 heavy (non-hydrogen) atoms. The molecule has 150 valence electrons. The fourth-order valence-electron chi connectivity index (χ4n) is 4.09. The van der Waals surface area contributed by atoms with Gasteiger partial charge in [-0.15, -0.1) is 0 Å². The molecule has 3 fully saturated rings. The predicted molar refractivity (Wildman–Crippen MR) is 104 cm³/mol. The molecule has 1 unspecified atom stereocenters. The summed E-state index contributed by atoms with van der Waals surface area (Å²) < 4.78 is 5.48. The fraction of sp³-hybridized carbons (Fsp3) is 0.550. The molecule has 3 saturated heterocycles. The van der Waals surface area contributed by atoms with Gasteiger partial charge in [0.25, 0.3) is 11.8 Å². The van der Waals surface area contributed by atoms with Crippen LogP contribution in [0.1, 0.15) is 36.0 Å². The number of ether oxygens (including phenoxy) is 1. The van der Waals surface area contributed by atoms with E-state index < -0.39 is 0 Å². The van der Waals surface area contributed by atoms with Gasteiger partial charge in [0, 0.05) is 50.8 Å². The monoisotopic (exact) mass is 405 g/mol. The molecule has 3 heterocycles. The topological polar surface area (TPSA) is 70.2 Å². The zero-order valence-corrected chi connectivity index (χ0v) is 16.5. The molecule has 7 nitrogen and oxygen atoms in total. The van der Waals surface area contributed by atoms with E-state index in [1.165, 1.54) is 0 Å². The van der Waals surface area contributed by atoms with E-state index >= 15 is 0 Å². The summed E-state index contributed by atoms with van der Waals surface area (Å²) in [7, 11) is 0. The Morgan fingerprint density at radius 1 is 1.04 bits per heavy atom. The number of rotatable bonds is 3. The minimum absolute atomic E-state index is 0.0169. The molecule has 3 amide bonds. The lowest BCUT2D eigenvalue weighted by Gasteiger charge is -2.36. The molecule has 4 rings (SSSR count). The SMILES string of the molecule is O=C(c1ccc(Cl)cc1N1CCCC1=O)N1CCN(C(=O)C2CCCO2)CC1. The summed E-state index contributed by atoms with van der Waals surface area (Å²) >= 11 is 6.13. The Hall–Kier alpha value is -2.12. The van der Waals surface area contributed by atoms with Gasteiger partial charge in [-0.25, -0.2) is 0 Å². The van der Waals surface area contributed by atoms with Crippen molar-refractivity contribution < 1.29 is 19.1 Å². The molecule has 0 radical (unpaired) electrons. The fourth-order valence-corrected chi connectivity index (χ4v) is 4.25. The van der Waals surface area contributed by atoms with Gasteiger partial charge in [0.05, 0.1) is 11.3 Å². The zero-order valence-electron chi connectivity index (χ0n) is 15.7. The molecule has 1 aromatic rings. The molecule has 1 atom stereocenters. The van der Waals surface area contributed by atoms with E-state index in [0.29, 0.717) is 62.0 Å². The predicted octanol–water partition coefficient (Wildman–Crippen LogP) is 1.93. The van der Waals surface area contributed by atoms with E-state index in [0.717, 1.165) is 19.3 Å². The molecular formula is C20H24ClN3O4. The van der Waals surface area contributed by atoms with Gasteiger partial charge in [-0.1, -0.05) is 11.6 Å². The van der Waals surface area contributed by atoms with E-state index in [2.05, 4.69) is 0 Å². The maximum absolute atomic E-state index is 13.1. The van der Waals surface area contributed by atoms with Crippen LogP contribution in [0.25, 0.3) is 0 Å². The van der Waals surface area contributed by atoms with Gasteiger partial charge >= 0.3 is 0 Å². The van der Waals surface area contributed by atoms with Gasteiger partial charge in [-0.3, -0.25) is 14.4 Å². The van der Waals surface area contributed by atoms with E-state index in [-0.39, 0.29) is 23.8 Å². The Labute approximate surface area is 169 Å². The van der Waals surface area contributed by atoms with Crippen molar-refractivity contribution in [1.82, 2.24) is 9.80 Å². The first-order valence-electron chi connectivity index (χ1n) is 9.84. The van der Waals surface area contributed by atoms with E-state index in [1.54, 1.807) is 32.9 Å². The molecule has 0 saturated carbocycles. The van der Waals surface area contributed by atoms with E-state index in [4.69, 9.17) is 16.3 Å². The lowest BCUT2D eigenvalue weighted by Crippen LogP contribution is -2.53. The zero-order chi connectivity index (χ0) is 19.7. The van der Waals surface area contributed by atoms with Gasteiger partial charge in [0.2, 0.25) is 5.91 Å². The molecular weight excluding hydrogens is 382 g/mol. The van der Waals surface area contributed by atoms with Crippen LogP contribution in [0.2, 0.25) is 5.02 Å². The first-order valence-corrected chi connectivity index (χ1v) is 10.2. The summed E-state index contributed by atoms with van der Waals surface area (Å²) in [5.41, 5.74) is 1.07. The Kier molecular flexibility index (Phi) is 5.55. The molecule has 0 bridgehead atoms. The van der Waals surface area contributed by atoms with Crippen molar-refractivity contribution in [1.29, 1.82) is 0 Å². The normalized spacial score (nSPS) is 22.8. The highest BCUT2D eigenvalue weighted by molar-refractivity contribution is 6.31. The van der Waals surface area contributed by atoms with Crippen molar-refractivity contribution in [2.75, 3.05) is 44.2 Å². The Balaban J connectivity index is 1.45. The summed E-state index contributed by atoms with van der Waals surface area (Å²) in [4.78, 5) is 43.0. The number of nitrogens with zero attached hydrogens (tertiary/aromatic N) is 3. The lowest BCUT2D eigenvalue weighted by molar-refractivity contribution is -0.142. The third-order valence-electron chi connectivity index (χ3n) is 5.64. The van der Waals surface area contributed by atoms with Crippen LogP contribution in [0.4, 0.5) is 5.69 Å². The standard InChI is InChI=1S/C20H24ClN3O4/c21-14-5-6-15(16(13-14)24-7-1-4-18(24)25)19(26)22-8-10-23(11-9-22)20(27)17-3-2-12-28-17/h5-6,13,17H,1-4,7-12H2. The number of hydrogen-bond donors (Lipinski definition) is 0. The van der Waals surface area contributed by atoms with Crippen LogP contribution in [-0.2, 0) is 14.3 Å². The number of piperazine rings is 1. The van der Waals surface area contributed by atoms with Gasteiger partial charge in [0.15, 0.2) is 0 Å². The maximum atomic E-state index is 13.1. The molecule has 8 heteroatoms. The maximum Gasteiger partial charge on any atom is 0.256 e. The van der Waals surface area contributed by atoms with Crippen molar-refractivity contribution in [3.05, 3.63) is 28.8 Å². The molecule has 3 aliphatic heterocycles. The number of anilines is 1. The third kappa shape index (κ3) is 3.73. The average Bonchev–Trinajstić information content (AvgIpc) is 3.39. The van der Waals surface area contributed by atoms with Gasteiger partial charge in [-0.05, 0) is 37.5 Å². The highest BCUT2D eigenvalue weighted by atomic mass is 35.5. The number of benzene rings is 1. The lowest BCUT2D eigenvalue weighted by atomic mass is 10.1. The van der Waals surface area contributed by atoms with Gasteiger partial charge in [-0.2, -0.15) is 0 Å². The smallest absolute Gasteiger partial charge is 0.256 e. The van der Waals surface area contributed by atoms with Crippen LogP contribution in [0, 0.1) is 0 Å². The first-order chi connectivity index (χ1) is 13.5. The molecule has 0 aliphatic carbocycles. The Morgan fingerprint density at radius 3 is 2.43 bits per heavy atom. The largest absolute Gasteiger partial charge is 0.368 e. The van der Waals surface area contributed by atoms with Crippen LogP contribution in [-0.4, -0.2) is 73.0 Å². The van der Waals surface area contributed by atoms with Crippen LogP contribution in [0.15, 0.2) is 18.2 Å². The number of carbonyl (C=O) groups excluding carboxylic acids is 3. The second-order valence-electron chi connectivity index (χ2n) is 7.43. The summed E-state index contributed by atoms with van der Waals surface area (Å²) in [6.07, 6.45) is 2.64. The minimum Gasteiger partial charge on any atom is -0.368 e. The van der Waals surface area contributed by atoms with Crippen molar-refractivity contribution in [3.8, 4) is 0 Å². The van der Waals surface area contributed by atoms with Crippen molar-refractivity contribution >= 4 is 35.0 Å². The van der Waals surface area contributed by atoms with Crippen LogP contribution >= 0.6 is 11.6 Å². The highest BCUT2D eigenvalue weighted by Crippen LogP contribution is 2.30. The molecule has 1 aromatic carbocycles. The minimum atomic E-state index is -0.328. The van der Waals surface area contributed by atoms with Crippen molar-refractivity contribution in [2.45, 2.75) is 31.8 Å². The number of carbonyl (C=O) groups is 3. The van der Waals surface area contributed by atoms with Crippen LogP contribution in [0.5, 0.6) is 0 Å². The van der Waals surface area contributed by atoms with Gasteiger partial charge < -0.3 is 19.4 Å². The Morgan fingerprint density at radius 2 is 1.79 bits per heavy atom. The van der Waals surface area contributed by atoms with E-state index in [9.17, 15) is 14.4 Å². The number of halogens is 1. The third-order valence-corrected chi connectivity index (χ3v) is 5.87. The van der Waals surface area contributed by atoms with Crippen molar-refractivity contribution in [2.24, 2.45) is 0 Å². The van der Waals surface area contributed by atoms with E-state index in [1.807, 2.05) is 0 Å². The van der Waals surface area contributed by atoms with Crippen LogP contribution < -0.4 is 4.90 Å². The second kappa shape index (κ2) is 8.09. The van der Waals surface area contributed by atoms with Crippen LogP contribution in [0.3, 0.4) is 0 Å². The number of hydrogen-bond acceptors (Lipinski definition) is 4. The van der Waals surface area contributed by atoms with Gasteiger partial charge in [0.1, 0.15) is 6.10 Å².